The zero-order valence-electron chi connectivity index (χ0n) is 19.5. The summed E-state index contributed by atoms with van der Waals surface area (Å²) in [6.07, 6.45) is 4.21. The van der Waals surface area contributed by atoms with Crippen molar-refractivity contribution in [1.82, 2.24) is 9.97 Å². The Morgan fingerprint density at radius 3 is 2.66 bits per heavy atom. The van der Waals surface area contributed by atoms with Crippen LogP contribution in [0.1, 0.15) is 36.1 Å². The minimum Gasteiger partial charge on any atom is -0.489 e. The predicted octanol–water partition coefficient (Wildman–Crippen LogP) is 6.68. The second-order valence-electron chi connectivity index (χ2n) is 8.03. The van der Waals surface area contributed by atoms with E-state index in [1.165, 1.54) is 10.1 Å². The molecule has 0 saturated heterocycles. The molecule has 0 N–H and O–H groups in total. The Labute approximate surface area is 215 Å². The highest BCUT2D eigenvalue weighted by Crippen LogP contribution is 2.34. The summed E-state index contributed by atoms with van der Waals surface area (Å²) in [4.78, 5) is 8.94. The number of thiophene rings is 1. The van der Waals surface area contributed by atoms with Gasteiger partial charge in [-0.2, -0.15) is 18.6 Å². The number of hydrogen-bond acceptors (Lipinski definition) is 7. The van der Waals surface area contributed by atoms with E-state index >= 15 is 0 Å². The van der Waals surface area contributed by atoms with Crippen LogP contribution in [0.5, 0.6) is 5.75 Å². The number of fused-ring (bicyclic) bond motifs is 1. The van der Waals surface area contributed by atoms with Crippen molar-refractivity contribution in [3.63, 3.8) is 0 Å². The van der Waals surface area contributed by atoms with Crippen molar-refractivity contribution in [2.45, 2.75) is 32.8 Å². The largest absolute Gasteiger partial charge is 0.489 e. The van der Waals surface area contributed by atoms with Gasteiger partial charge in [-0.1, -0.05) is 24.1 Å². The lowest BCUT2D eigenvalue weighted by atomic mass is 9.94. The molecule has 1 aliphatic rings. The highest BCUT2D eigenvalue weighted by atomic mass is 32.1. The van der Waals surface area contributed by atoms with Gasteiger partial charge < -0.3 is 4.74 Å². The van der Waals surface area contributed by atoms with Crippen molar-refractivity contribution in [2.24, 2.45) is 15.4 Å². The van der Waals surface area contributed by atoms with E-state index in [1.807, 2.05) is 26.0 Å². The van der Waals surface area contributed by atoms with Crippen molar-refractivity contribution in [3.05, 3.63) is 77.1 Å². The molecule has 0 saturated carbocycles. The number of aryl methyl sites for hydroxylation is 1. The highest BCUT2D eigenvalue weighted by molar-refractivity contribution is 7.59. The standard InChI is InChI=1S/C27H23N5OS.H2S/c1-3-4-21(14-22-15-30-32-31-22)20-6-8-23(9-7-20)33-16-19-5-10-26-24(13-19)25(17-34-26)27-18(2)28-11-12-29-27;/h5-13,17,21H,14-16H2,1-2H3;1H2/t21-;/m0./s1. The van der Waals surface area contributed by atoms with Gasteiger partial charge in [-0.25, -0.2) is 0 Å². The van der Waals surface area contributed by atoms with Gasteiger partial charge in [0.2, 0.25) is 0 Å². The summed E-state index contributed by atoms with van der Waals surface area (Å²) >= 11 is 1.72. The monoisotopic (exact) mass is 499 g/mol. The summed E-state index contributed by atoms with van der Waals surface area (Å²) in [6.45, 7) is 4.90. The first-order valence-corrected chi connectivity index (χ1v) is 11.9. The Morgan fingerprint density at radius 1 is 1.09 bits per heavy atom. The number of benzene rings is 2. The first-order chi connectivity index (χ1) is 16.7. The zero-order valence-corrected chi connectivity index (χ0v) is 21.3. The van der Waals surface area contributed by atoms with E-state index < -0.39 is 0 Å². The van der Waals surface area contributed by atoms with Gasteiger partial charge in [0.25, 0.3) is 0 Å². The molecule has 2 aromatic carbocycles. The maximum absolute atomic E-state index is 6.10. The van der Waals surface area contributed by atoms with Crippen molar-refractivity contribution < 1.29 is 4.74 Å². The maximum Gasteiger partial charge on any atom is 0.119 e. The van der Waals surface area contributed by atoms with Crippen LogP contribution in [-0.2, 0) is 6.61 Å². The zero-order chi connectivity index (χ0) is 23.3. The predicted molar refractivity (Wildman–Crippen MR) is 147 cm³/mol. The average Bonchev–Trinajstić information content (AvgIpc) is 3.53. The van der Waals surface area contributed by atoms with Crippen LogP contribution < -0.4 is 4.74 Å². The van der Waals surface area contributed by atoms with Gasteiger partial charge in [-0.3, -0.25) is 9.97 Å². The average molecular weight is 500 g/mol. The smallest absolute Gasteiger partial charge is 0.119 e. The quantitative estimate of drug-likeness (QED) is 0.266. The Bertz CT molecular complexity index is 1450. The Morgan fingerprint density at radius 2 is 1.91 bits per heavy atom. The molecule has 0 spiro atoms. The van der Waals surface area contributed by atoms with Crippen LogP contribution in [0.15, 0.2) is 75.7 Å². The van der Waals surface area contributed by atoms with Crippen LogP contribution in [0.2, 0.25) is 0 Å². The van der Waals surface area contributed by atoms with Crippen molar-refractivity contribution in [2.75, 3.05) is 6.54 Å². The Balaban J connectivity index is 0.00000289. The summed E-state index contributed by atoms with van der Waals surface area (Å²) in [5.41, 5.74) is 6.19. The van der Waals surface area contributed by atoms with Crippen LogP contribution in [-0.4, -0.2) is 22.2 Å². The molecule has 0 aliphatic carbocycles. The molecule has 5 rings (SSSR count). The van der Waals surface area contributed by atoms with Gasteiger partial charge in [0.1, 0.15) is 18.9 Å². The van der Waals surface area contributed by atoms with Crippen LogP contribution in [0.3, 0.4) is 0 Å². The summed E-state index contributed by atoms with van der Waals surface area (Å²) in [6, 6.07) is 14.6. The van der Waals surface area contributed by atoms with E-state index in [0.29, 0.717) is 13.2 Å². The SMILES string of the molecule is CC#C[C@@H](CC1=NN=NC1)c1ccc(OCc2ccc3scc(-c4nccnc4C)c3c2)cc1.S. The minimum atomic E-state index is 0. The first kappa shape index (κ1) is 24.6. The lowest BCUT2D eigenvalue weighted by Crippen LogP contribution is -2.07. The fourth-order valence-electron chi connectivity index (χ4n) is 3.99. The number of nitrogens with zero attached hydrogens (tertiary/aromatic N) is 5. The summed E-state index contributed by atoms with van der Waals surface area (Å²) < 4.78 is 7.33. The fourth-order valence-corrected chi connectivity index (χ4v) is 4.92. The molecule has 0 amide bonds. The van der Waals surface area contributed by atoms with Gasteiger partial charge in [0, 0.05) is 39.8 Å². The van der Waals surface area contributed by atoms with Crippen molar-refractivity contribution >= 4 is 40.6 Å². The molecule has 6 nitrogen and oxygen atoms in total. The van der Waals surface area contributed by atoms with Gasteiger partial charge in [-0.05, 0) is 54.5 Å². The molecule has 0 fully saturated rings. The van der Waals surface area contributed by atoms with Crippen LogP contribution >= 0.6 is 24.8 Å². The van der Waals surface area contributed by atoms with E-state index in [0.717, 1.165) is 46.0 Å². The second kappa shape index (κ2) is 11.3. The summed E-state index contributed by atoms with van der Waals surface area (Å²) in [5.74, 6) is 7.20. The second-order valence-corrected chi connectivity index (χ2v) is 8.95. The first-order valence-electron chi connectivity index (χ1n) is 11.1. The Hall–Kier alpha value is -3.54. The van der Waals surface area contributed by atoms with E-state index in [1.54, 1.807) is 23.7 Å². The van der Waals surface area contributed by atoms with Crippen molar-refractivity contribution in [1.29, 1.82) is 0 Å². The van der Waals surface area contributed by atoms with Gasteiger partial charge >= 0.3 is 0 Å². The third kappa shape index (κ3) is 5.59. The molecule has 2 aromatic heterocycles. The molecular weight excluding hydrogens is 474 g/mol. The molecule has 35 heavy (non-hydrogen) atoms. The van der Waals surface area contributed by atoms with E-state index in [-0.39, 0.29) is 19.4 Å². The highest BCUT2D eigenvalue weighted by Gasteiger charge is 2.15. The number of aromatic nitrogens is 2. The molecule has 1 atom stereocenters. The van der Waals surface area contributed by atoms with E-state index in [9.17, 15) is 0 Å². The van der Waals surface area contributed by atoms with Gasteiger partial charge in [0.15, 0.2) is 0 Å². The molecule has 0 radical (unpaired) electrons. The minimum absolute atomic E-state index is 0. The van der Waals surface area contributed by atoms with E-state index in [4.69, 9.17) is 4.74 Å². The number of ether oxygens (including phenoxy) is 1. The van der Waals surface area contributed by atoms with E-state index in [2.05, 4.69) is 73.0 Å². The molecule has 1 aliphatic heterocycles. The van der Waals surface area contributed by atoms with Crippen LogP contribution in [0.4, 0.5) is 0 Å². The van der Waals surface area contributed by atoms with Crippen LogP contribution in [0.25, 0.3) is 21.3 Å². The molecule has 8 heteroatoms. The third-order valence-corrected chi connectivity index (χ3v) is 6.69. The molecule has 0 bridgehead atoms. The van der Waals surface area contributed by atoms with Crippen molar-refractivity contribution in [3.8, 4) is 28.8 Å². The molecule has 176 valence electrons. The molecule has 0 unspecified atom stereocenters. The molecule has 3 heterocycles. The normalized spacial score (nSPS) is 13.0. The Kier molecular flexibility index (Phi) is 7.91. The lowest BCUT2D eigenvalue weighted by Gasteiger charge is -2.12. The summed E-state index contributed by atoms with van der Waals surface area (Å²) in [7, 11) is 0. The fraction of sp³-hybridized carbons (Fsp3) is 0.222. The van der Waals surface area contributed by atoms with Gasteiger partial charge in [-0.15, -0.1) is 22.4 Å². The molecular formula is C27H25N5OS2. The number of hydrogen-bond donors (Lipinski definition) is 0. The lowest BCUT2D eigenvalue weighted by molar-refractivity contribution is 0.306. The van der Waals surface area contributed by atoms with Crippen LogP contribution in [0, 0.1) is 18.8 Å². The maximum atomic E-state index is 6.10. The molecule has 4 aromatic rings. The topological polar surface area (TPSA) is 72.1 Å². The third-order valence-electron chi connectivity index (χ3n) is 5.72. The van der Waals surface area contributed by atoms with Gasteiger partial charge in [0.05, 0.1) is 23.0 Å². The number of rotatable bonds is 7. The summed E-state index contributed by atoms with van der Waals surface area (Å²) in [5, 5.41) is 15.1.